The SMILES string of the molecule is Cc1ccccc1-c1nc(CBr)co1. The van der Waals surface area contributed by atoms with Crippen molar-refractivity contribution in [3.05, 3.63) is 41.8 Å². The van der Waals surface area contributed by atoms with Crippen molar-refractivity contribution in [2.45, 2.75) is 12.3 Å². The van der Waals surface area contributed by atoms with Gasteiger partial charge in [-0.1, -0.05) is 34.1 Å². The van der Waals surface area contributed by atoms with Gasteiger partial charge in [0.1, 0.15) is 6.26 Å². The van der Waals surface area contributed by atoms with Crippen LogP contribution in [-0.4, -0.2) is 4.98 Å². The summed E-state index contributed by atoms with van der Waals surface area (Å²) < 4.78 is 5.38. The Kier molecular flexibility index (Phi) is 2.68. The summed E-state index contributed by atoms with van der Waals surface area (Å²) in [6.45, 7) is 2.05. The summed E-state index contributed by atoms with van der Waals surface area (Å²) in [7, 11) is 0. The number of halogens is 1. The van der Waals surface area contributed by atoms with E-state index in [0.29, 0.717) is 5.89 Å². The molecule has 0 saturated carbocycles. The molecule has 1 aromatic carbocycles. The van der Waals surface area contributed by atoms with Gasteiger partial charge in [-0.3, -0.25) is 0 Å². The molecule has 2 rings (SSSR count). The maximum absolute atomic E-state index is 5.38. The Morgan fingerprint density at radius 1 is 1.36 bits per heavy atom. The third-order valence-corrected chi connectivity index (χ3v) is 2.64. The lowest BCUT2D eigenvalue weighted by atomic mass is 10.1. The molecule has 3 heteroatoms. The number of aryl methyl sites for hydroxylation is 1. The Hall–Kier alpha value is -1.09. The number of rotatable bonds is 2. The summed E-state index contributed by atoms with van der Waals surface area (Å²) in [5, 5.41) is 0.725. The molecule has 0 unspecified atom stereocenters. The van der Waals surface area contributed by atoms with Crippen LogP contribution in [0.1, 0.15) is 11.3 Å². The van der Waals surface area contributed by atoms with E-state index in [4.69, 9.17) is 4.42 Å². The van der Waals surface area contributed by atoms with Crippen molar-refractivity contribution in [3.8, 4) is 11.5 Å². The molecular formula is C11H10BrNO. The van der Waals surface area contributed by atoms with Gasteiger partial charge in [0.25, 0.3) is 0 Å². The maximum atomic E-state index is 5.38. The molecule has 2 aromatic rings. The zero-order valence-corrected chi connectivity index (χ0v) is 9.41. The van der Waals surface area contributed by atoms with Crippen molar-refractivity contribution < 1.29 is 4.42 Å². The van der Waals surface area contributed by atoms with Gasteiger partial charge < -0.3 is 4.42 Å². The number of oxazole rings is 1. The monoisotopic (exact) mass is 251 g/mol. The second-order valence-corrected chi connectivity index (χ2v) is 3.65. The molecule has 72 valence electrons. The Bertz CT molecular complexity index is 436. The first kappa shape index (κ1) is 9.46. The average molecular weight is 252 g/mol. The molecule has 0 saturated heterocycles. The summed E-state index contributed by atoms with van der Waals surface area (Å²) in [5.41, 5.74) is 3.15. The van der Waals surface area contributed by atoms with E-state index >= 15 is 0 Å². The molecule has 1 aromatic heterocycles. The van der Waals surface area contributed by atoms with E-state index in [9.17, 15) is 0 Å². The number of nitrogens with zero attached hydrogens (tertiary/aromatic N) is 1. The van der Waals surface area contributed by atoms with Gasteiger partial charge in [0, 0.05) is 10.9 Å². The van der Waals surface area contributed by atoms with Gasteiger partial charge in [0.15, 0.2) is 0 Å². The lowest BCUT2D eigenvalue weighted by molar-refractivity contribution is 0.573. The molecule has 0 aliphatic carbocycles. The summed E-state index contributed by atoms with van der Waals surface area (Å²) in [6.07, 6.45) is 1.68. The van der Waals surface area contributed by atoms with E-state index in [1.54, 1.807) is 6.26 Å². The molecule has 0 amide bonds. The van der Waals surface area contributed by atoms with Crippen LogP contribution in [0.25, 0.3) is 11.5 Å². The van der Waals surface area contributed by atoms with Crippen LogP contribution in [0.5, 0.6) is 0 Å². The molecule has 2 nitrogen and oxygen atoms in total. The number of hydrogen-bond donors (Lipinski definition) is 0. The predicted molar refractivity (Wildman–Crippen MR) is 59.3 cm³/mol. The smallest absolute Gasteiger partial charge is 0.226 e. The summed E-state index contributed by atoms with van der Waals surface area (Å²) in [5.74, 6) is 0.692. The molecule has 0 bridgehead atoms. The van der Waals surface area contributed by atoms with Gasteiger partial charge >= 0.3 is 0 Å². The van der Waals surface area contributed by atoms with Crippen LogP contribution in [0.2, 0.25) is 0 Å². The van der Waals surface area contributed by atoms with Crippen molar-refractivity contribution in [1.29, 1.82) is 0 Å². The minimum Gasteiger partial charge on any atom is -0.444 e. The lowest BCUT2D eigenvalue weighted by Crippen LogP contribution is -1.83. The van der Waals surface area contributed by atoms with E-state index in [2.05, 4.69) is 20.9 Å². The average Bonchev–Trinajstić information content (AvgIpc) is 2.67. The second kappa shape index (κ2) is 3.96. The van der Waals surface area contributed by atoms with E-state index in [1.165, 1.54) is 5.56 Å². The topological polar surface area (TPSA) is 26.0 Å². The molecule has 0 aliphatic rings. The number of alkyl halides is 1. The van der Waals surface area contributed by atoms with E-state index in [0.717, 1.165) is 16.6 Å². The van der Waals surface area contributed by atoms with Crippen molar-refractivity contribution in [2.75, 3.05) is 0 Å². The molecule has 0 aliphatic heterocycles. The molecule has 0 radical (unpaired) electrons. The molecule has 0 fully saturated rings. The van der Waals surface area contributed by atoms with Crippen LogP contribution < -0.4 is 0 Å². The minimum atomic E-state index is 0.692. The van der Waals surface area contributed by atoms with E-state index in [1.807, 2.05) is 31.2 Å². The Morgan fingerprint density at radius 2 is 2.14 bits per heavy atom. The zero-order valence-electron chi connectivity index (χ0n) is 7.83. The van der Waals surface area contributed by atoms with Gasteiger partial charge in [-0.15, -0.1) is 0 Å². The normalized spacial score (nSPS) is 10.4. The van der Waals surface area contributed by atoms with Crippen LogP contribution in [0.4, 0.5) is 0 Å². The van der Waals surface area contributed by atoms with Crippen molar-refractivity contribution >= 4 is 15.9 Å². The predicted octanol–water partition coefficient (Wildman–Crippen LogP) is 3.54. The van der Waals surface area contributed by atoms with Crippen LogP contribution in [0, 0.1) is 6.92 Å². The van der Waals surface area contributed by atoms with Crippen LogP contribution in [0.15, 0.2) is 34.9 Å². The fourth-order valence-corrected chi connectivity index (χ4v) is 1.56. The highest BCUT2D eigenvalue weighted by atomic mass is 79.9. The Labute approximate surface area is 91.1 Å². The summed E-state index contributed by atoms with van der Waals surface area (Å²) in [4.78, 5) is 4.35. The number of hydrogen-bond acceptors (Lipinski definition) is 2. The van der Waals surface area contributed by atoms with Gasteiger partial charge in [0.2, 0.25) is 5.89 Å². The molecule has 0 atom stereocenters. The zero-order chi connectivity index (χ0) is 9.97. The van der Waals surface area contributed by atoms with Gasteiger partial charge in [-0.05, 0) is 18.6 Å². The summed E-state index contributed by atoms with van der Waals surface area (Å²) in [6, 6.07) is 8.06. The van der Waals surface area contributed by atoms with Gasteiger partial charge in [-0.2, -0.15) is 0 Å². The first-order valence-electron chi connectivity index (χ1n) is 4.37. The van der Waals surface area contributed by atoms with Crippen molar-refractivity contribution in [1.82, 2.24) is 4.98 Å². The quantitative estimate of drug-likeness (QED) is 0.764. The third kappa shape index (κ3) is 1.73. The van der Waals surface area contributed by atoms with Crippen molar-refractivity contribution in [3.63, 3.8) is 0 Å². The van der Waals surface area contributed by atoms with Crippen LogP contribution >= 0.6 is 15.9 Å². The first-order valence-corrected chi connectivity index (χ1v) is 5.50. The largest absolute Gasteiger partial charge is 0.444 e. The third-order valence-electron chi connectivity index (χ3n) is 2.06. The van der Waals surface area contributed by atoms with E-state index in [-0.39, 0.29) is 0 Å². The highest BCUT2D eigenvalue weighted by Crippen LogP contribution is 2.22. The molecular weight excluding hydrogens is 242 g/mol. The van der Waals surface area contributed by atoms with Crippen LogP contribution in [-0.2, 0) is 5.33 Å². The molecule has 0 spiro atoms. The van der Waals surface area contributed by atoms with Gasteiger partial charge in [-0.25, -0.2) is 4.98 Å². The second-order valence-electron chi connectivity index (χ2n) is 3.09. The minimum absolute atomic E-state index is 0.692. The Morgan fingerprint density at radius 3 is 2.79 bits per heavy atom. The fraction of sp³-hybridized carbons (Fsp3) is 0.182. The first-order chi connectivity index (χ1) is 6.81. The lowest BCUT2D eigenvalue weighted by Gasteiger charge is -1.98. The summed E-state index contributed by atoms with van der Waals surface area (Å²) >= 11 is 3.34. The standard InChI is InChI=1S/C11H10BrNO/c1-8-4-2-3-5-10(8)11-13-9(6-12)7-14-11/h2-5,7H,6H2,1H3. The molecule has 14 heavy (non-hydrogen) atoms. The van der Waals surface area contributed by atoms with Gasteiger partial charge in [0.05, 0.1) is 5.69 Å². The Balaban J connectivity index is 2.44. The van der Waals surface area contributed by atoms with Crippen molar-refractivity contribution in [2.24, 2.45) is 0 Å². The number of aromatic nitrogens is 1. The fourth-order valence-electron chi connectivity index (χ4n) is 1.30. The highest BCUT2D eigenvalue weighted by Gasteiger charge is 2.07. The molecule has 0 N–H and O–H groups in total. The van der Waals surface area contributed by atoms with Crippen LogP contribution in [0.3, 0.4) is 0 Å². The molecule has 1 heterocycles. The maximum Gasteiger partial charge on any atom is 0.226 e. The van der Waals surface area contributed by atoms with E-state index < -0.39 is 0 Å². The number of benzene rings is 1. The highest BCUT2D eigenvalue weighted by molar-refractivity contribution is 9.08.